The molecular weight excluding hydrogens is 410 g/mol. The van der Waals surface area contributed by atoms with Gasteiger partial charge in [0.25, 0.3) is 0 Å². The second kappa shape index (κ2) is 11.2. The molecule has 1 rings (SSSR count). The zero-order valence-corrected chi connectivity index (χ0v) is 16.5. The summed E-state index contributed by atoms with van der Waals surface area (Å²) in [7, 11) is 3.42. The second-order valence-electron chi connectivity index (χ2n) is 5.32. The van der Waals surface area contributed by atoms with Gasteiger partial charge in [0.2, 0.25) is 5.91 Å². The lowest BCUT2D eigenvalue weighted by Gasteiger charge is -2.14. The molecule has 0 heterocycles. The molecular formula is C16H26FIN4O. The first-order valence-electron chi connectivity index (χ1n) is 7.41. The summed E-state index contributed by atoms with van der Waals surface area (Å²) < 4.78 is 13.2. The van der Waals surface area contributed by atoms with Crippen LogP contribution in [0.1, 0.15) is 24.5 Å². The highest BCUT2D eigenvalue weighted by molar-refractivity contribution is 14.0. The quantitative estimate of drug-likeness (QED) is 0.409. The smallest absolute Gasteiger partial charge is 0.241 e. The van der Waals surface area contributed by atoms with Gasteiger partial charge >= 0.3 is 0 Å². The number of halogens is 2. The van der Waals surface area contributed by atoms with Crippen LogP contribution >= 0.6 is 24.0 Å². The topological polar surface area (TPSA) is 56.7 Å². The van der Waals surface area contributed by atoms with Gasteiger partial charge in [0, 0.05) is 20.6 Å². The van der Waals surface area contributed by atoms with Gasteiger partial charge in [-0.25, -0.2) is 9.38 Å². The minimum Gasteiger partial charge on any atom is -0.356 e. The third-order valence-electron chi connectivity index (χ3n) is 3.09. The van der Waals surface area contributed by atoms with Crippen molar-refractivity contribution in [3.8, 4) is 0 Å². The lowest BCUT2D eigenvalue weighted by molar-refractivity contribution is -0.127. The highest BCUT2D eigenvalue weighted by Crippen LogP contribution is 2.09. The third kappa shape index (κ3) is 8.15. The first kappa shape index (κ1) is 21.6. The van der Waals surface area contributed by atoms with Crippen LogP contribution in [-0.2, 0) is 11.3 Å². The molecule has 1 aromatic rings. The molecule has 7 heteroatoms. The van der Waals surface area contributed by atoms with Crippen LogP contribution in [0.5, 0.6) is 0 Å². The number of aliphatic imine (C=N–C) groups is 1. The summed E-state index contributed by atoms with van der Waals surface area (Å²) in [5.74, 6) is 0.342. The number of amides is 1. The van der Waals surface area contributed by atoms with E-state index in [0.29, 0.717) is 18.1 Å². The standard InChI is InChI=1S/C16H25FN4O.HI/c1-5-8-18-16(20-11-15(22)21(3)4)19-10-13-6-7-14(17)12(2)9-13;/h6-7,9H,5,8,10-11H2,1-4H3,(H2,18,19,20);1H. The number of likely N-dealkylation sites (N-methyl/N-ethyl adjacent to an activating group) is 1. The van der Waals surface area contributed by atoms with Gasteiger partial charge in [-0.2, -0.15) is 0 Å². The van der Waals surface area contributed by atoms with Crippen molar-refractivity contribution in [3.05, 3.63) is 35.1 Å². The molecule has 0 aromatic heterocycles. The van der Waals surface area contributed by atoms with Gasteiger partial charge in [-0.3, -0.25) is 4.79 Å². The van der Waals surface area contributed by atoms with E-state index >= 15 is 0 Å². The lowest BCUT2D eigenvalue weighted by atomic mass is 10.1. The van der Waals surface area contributed by atoms with Crippen molar-refractivity contribution >= 4 is 35.8 Å². The summed E-state index contributed by atoms with van der Waals surface area (Å²) >= 11 is 0. The van der Waals surface area contributed by atoms with Crippen molar-refractivity contribution in [1.82, 2.24) is 15.5 Å². The van der Waals surface area contributed by atoms with Crippen LogP contribution in [0.25, 0.3) is 0 Å². The molecule has 0 spiro atoms. The summed E-state index contributed by atoms with van der Waals surface area (Å²) in [4.78, 5) is 17.6. The Balaban J connectivity index is 0.00000484. The van der Waals surface area contributed by atoms with E-state index in [9.17, 15) is 9.18 Å². The number of carbonyl (C=O) groups excluding carboxylic acids is 1. The zero-order valence-electron chi connectivity index (χ0n) is 14.1. The van der Waals surface area contributed by atoms with Gasteiger partial charge in [-0.05, 0) is 30.5 Å². The number of guanidine groups is 1. The largest absolute Gasteiger partial charge is 0.356 e. The average molecular weight is 436 g/mol. The van der Waals surface area contributed by atoms with Crippen LogP contribution in [0.2, 0.25) is 0 Å². The van der Waals surface area contributed by atoms with Crippen LogP contribution in [0, 0.1) is 12.7 Å². The molecule has 0 atom stereocenters. The monoisotopic (exact) mass is 436 g/mol. The molecule has 0 fully saturated rings. The van der Waals surface area contributed by atoms with Gasteiger partial charge in [0.1, 0.15) is 5.82 Å². The van der Waals surface area contributed by atoms with E-state index in [4.69, 9.17) is 0 Å². The van der Waals surface area contributed by atoms with E-state index in [0.717, 1.165) is 18.5 Å². The normalized spacial score (nSPS) is 10.7. The van der Waals surface area contributed by atoms with E-state index in [-0.39, 0.29) is 42.2 Å². The molecule has 2 N–H and O–H groups in total. The van der Waals surface area contributed by atoms with Crippen LogP contribution in [0.15, 0.2) is 23.2 Å². The van der Waals surface area contributed by atoms with Crippen molar-refractivity contribution in [3.63, 3.8) is 0 Å². The van der Waals surface area contributed by atoms with Crippen LogP contribution < -0.4 is 10.6 Å². The van der Waals surface area contributed by atoms with E-state index in [2.05, 4.69) is 22.5 Å². The molecule has 130 valence electrons. The molecule has 0 aliphatic rings. The molecule has 0 unspecified atom stereocenters. The van der Waals surface area contributed by atoms with Gasteiger partial charge in [0.05, 0.1) is 13.1 Å². The first-order valence-corrected chi connectivity index (χ1v) is 7.41. The Morgan fingerprint density at radius 2 is 2.00 bits per heavy atom. The average Bonchev–Trinajstić information content (AvgIpc) is 2.49. The molecule has 0 bridgehead atoms. The maximum Gasteiger partial charge on any atom is 0.241 e. The number of aryl methyl sites for hydroxylation is 1. The van der Waals surface area contributed by atoms with Crippen molar-refractivity contribution in [2.75, 3.05) is 27.2 Å². The minimum absolute atomic E-state index is 0. The Hall–Kier alpha value is -1.38. The number of hydrogen-bond acceptors (Lipinski definition) is 2. The molecule has 0 aliphatic carbocycles. The fraction of sp³-hybridized carbons (Fsp3) is 0.500. The maximum absolute atomic E-state index is 13.2. The predicted octanol–water partition coefficient (Wildman–Crippen LogP) is 2.29. The number of hydrogen-bond donors (Lipinski definition) is 2. The predicted molar refractivity (Wildman–Crippen MR) is 103 cm³/mol. The number of carbonyl (C=O) groups is 1. The highest BCUT2D eigenvalue weighted by atomic mass is 127. The van der Waals surface area contributed by atoms with Crippen molar-refractivity contribution in [2.45, 2.75) is 26.8 Å². The van der Waals surface area contributed by atoms with E-state index < -0.39 is 0 Å². The number of nitrogens with zero attached hydrogens (tertiary/aromatic N) is 2. The van der Waals surface area contributed by atoms with Gasteiger partial charge in [0.15, 0.2) is 5.96 Å². The second-order valence-corrected chi connectivity index (χ2v) is 5.32. The first-order chi connectivity index (χ1) is 10.4. The Morgan fingerprint density at radius 3 is 2.57 bits per heavy atom. The molecule has 23 heavy (non-hydrogen) atoms. The Bertz CT molecular complexity index is 535. The summed E-state index contributed by atoms with van der Waals surface area (Å²) in [6.45, 7) is 5.16. The van der Waals surface area contributed by atoms with Crippen LogP contribution in [-0.4, -0.2) is 44.0 Å². The maximum atomic E-state index is 13.2. The molecule has 0 aliphatic heterocycles. The molecule has 0 radical (unpaired) electrons. The molecule has 0 saturated carbocycles. The van der Waals surface area contributed by atoms with E-state index in [1.165, 1.54) is 11.0 Å². The van der Waals surface area contributed by atoms with Crippen molar-refractivity contribution in [1.29, 1.82) is 0 Å². The highest BCUT2D eigenvalue weighted by Gasteiger charge is 2.05. The Kier molecular flexibility index (Phi) is 10.5. The molecule has 1 aromatic carbocycles. The summed E-state index contributed by atoms with van der Waals surface area (Å²) in [5, 5.41) is 6.16. The van der Waals surface area contributed by atoms with Gasteiger partial charge < -0.3 is 15.5 Å². The minimum atomic E-state index is -0.216. The summed E-state index contributed by atoms with van der Waals surface area (Å²) in [6, 6.07) is 4.94. The van der Waals surface area contributed by atoms with Crippen LogP contribution in [0.4, 0.5) is 4.39 Å². The number of nitrogens with one attached hydrogen (secondary N) is 2. The number of rotatable bonds is 6. The summed E-state index contributed by atoms with van der Waals surface area (Å²) in [6.07, 6.45) is 0.956. The fourth-order valence-corrected chi connectivity index (χ4v) is 1.71. The SMILES string of the molecule is CCCNC(=NCc1ccc(F)c(C)c1)NCC(=O)N(C)C.I. The van der Waals surface area contributed by atoms with Gasteiger partial charge in [-0.1, -0.05) is 19.1 Å². The van der Waals surface area contributed by atoms with E-state index in [1.54, 1.807) is 33.2 Å². The molecule has 5 nitrogen and oxygen atoms in total. The zero-order chi connectivity index (χ0) is 16.5. The molecule has 1 amide bonds. The van der Waals surface area contributed by atoms with Crippen molar-refractivity contribution in [2.24, 2.45) is 4.99 Å². The molecule has 0 saturated heterocycles. The number of benzene rings is 1. The van der Waals surface area contributed by atoms with Gasteiger partial charge in [-0.15, -0.1) is 24.0 Å². The fourth-order valence-electron chi connectivity index (χ4n) is 1.71. The third-order valence-corrected chi connectivity index (χ3v) is 3.09. The Labute approximate surface area is 154 Å². The summed E-state index contributed by atoms with van der Waals surface area (Å²) in [5.41, 5.74) is 1.53. The van der Waals surface area contributed by atoms with E-state index in [1.807, 2.05) is 0 Å². The van der Waals surface area contributed by atoms with Crippen molar-refractivity contribution < 1.29 is 9.18 Å². The Morgan fingerprint density at radius 1 is 1.30 bits per heavy atom. The van der Waals surface area contributed by atoms with Crippen LogP contribution in [0.3, 0.4) is 0 Å². The lowest BCUT2D eigenvalue weighted by Crippen LogP contribution is -2.43.